The van der Waals surface area contributed by atoms with Crippen molar-refractivity contribution in [2.75, 3.05) is 20.3 Å². The lowest BCUT2D eigenvalue weighted by Crippen LogP contribution is -2.40. The van der Waals surface area contributed by atoms with Crippen LogP contribution in [0, 0.1) is 17.6 Å². The summed E-state index contributed by atoms with van der Waals surface area (Å²) in [6.07, 6.45) is 3.46. The normalized spacial score (nSPS) is 18.2. The molecule has 2 amide bonds. The maximum absolute atomic E-state index is 15.3. The maximum atomic E-state index is 15.3. The van der Waals surface area contributed by atoms with Crippen LogP contribution in [0.2, 0.25) is 5.02 Å². The summed E-state index contributed by atoms with van der Waals surface area (Å²) in [5.41, 5.74) is 6.59. The summed E-state index contributed by atoms with van der Waals surface area (Å²) >= 11 is 9.32. The van der Waals surface area contributed by atoms with Crippen molar-refractivity contribution in [2.45, 2.75) is 31.1 Å². The Morgan fingerprint density at radius 3 is 2.72 bits per heavy atom. The first-order valence-corrected chi connectivity index (χ1v) is 14.7. The summed E-state index contributed by atoms with van der Waals surface area (Å²) in [5.74, 6) is -2.28. The van der Waals surface area contributed by atoms with Gasteiger partial charge in [0.15, 0.2) is 5.82 Å². The Morgan fingerprint density at radius 1 is 1.26 bits per heavy atom. The van der Waals surface area contributed by atoms with Crippen LogP contribution in [-0.4, -0.2) is 42.0 Å². The Hall–Kier alpha value is -3.83. The van der Waals surface area contributed by atoms with E-state index in [2.05, 4.69) is 26.2 Å². The minimum atomic E-state index is -1.20. The average molecular weight is 672 g/mol. The number of carbonyl (C=O) groups is 2. The minimum Gasteiger partial charge on any atom is -0.494 e. The Labute approximate surface area is 259 Å². The zero-order valence-electron chi connectivity index (χ0n) is 23.1. The third-order valence-electron chi connectivity index (χ3n) is 8.18. The van der Waals surface area contributed by atoms with Gasteiger partial charge in [0.25, 0.3) is 5.91 Å². The van der Waals surface area contributed by atoms with E-state index in [4.69, 9.17) is 31.8 Å². The highest BCUT2D eigenvalue weighted by Crippen LogP contribution is 2.49. The SMILES string of the molecule is COc1cc(C(=O)NC[C@H](c2cc3c(c(-c4ccc(F)c(Cl)c4F)n2)OC[C@]3(C)C(N)=O)C2CC2)cc2cc(Br)cnc12. The van der Waals surface area contributed by atoms with Crippen molar-refractivity contribution in [1.29, 1.82) is 0 Å². The summed E-state index contributed by atoms with van der Waals surface area (Å²) in [4.78, 5) is 35.1. The molecule has 0 unspecified atom stereocenters. The fraction of sp³-hybridized carbons (Fsp3) is 0.290. The number of pyridine rings is 2. The Morgan fingerprint density at radius 2 is 2.02 bits per heavy atom. The van der Waals surface area contributed by atoms with E-state index in [9.17, 15) is 14.0 Å². The lowest BCUT2D eigenvalue weighted by molar-refractivity contribution is -0.123. The van der Waals surface area contributed by atoms with Crippen LogP contribution in [0.5, 0.6) is 11.5 Å². The van der Waals surface area contributed by atoms with Gasteiger partial charge in [0.05, 0.1) is 7.11 Å². The number of hydrogen-bond acceptors (Lipinski definition) is 6. The molecule has 1 aliphatic heterocycles. The molecule has 3 heterocycles. The van der Waals surface area contributed by atoms with Crippen LogP contribution in [0.15, 0.2) is 47.1 Å². The van der Waals surface area contributed by atoms with Gasteiger partial charge < -0.3 is 20.5 Å². The smallest absolute Gasteiger partial charge is 0.251 e. The van der Waals surface area contributed by atoms with Crippen molar-refractivity contribution in [1.82, 2.24) is 15.3 Å². The van der Waals surface area contributed by atoms with Crippen molar-refractivity contribution < 1.29 is 27.8 Å². The van der Waals surface area contributed by atoms with Gasteiger partial charge in [-0.05, 0) is 78.0 Å². The number of primary amides is 1. The second-order valence-corrected chi connectivity index (χ2v) is 12.3. The van der Waals surface area contributed by atoms with Gasteiger partial charge in [-0.25, -0.2) is 13.8 Å². The van der Waals surface area contributed by atoms with E-state index in [0.717, 1.165) is 28.8 Å². The summed E-state index contributed by atoms with van der Waals surface area (Å²) in [7, 11) is 1.51. The number of nitrogens with one attached hydrogen (secondary N) is 1. The molecular weight excluding hydrogens is 646 g/mol. The molecule has 2 aromatic carbocycles. The predicted molar refractivity (Wildman–Crippen MR) is 160 cm³/mol. The molecule has 0 radical (unpaired) electrons. The van der Waals surface area contributed by atoms with Crippen LogP contribution in [0.3, 0.4) is 0 Å². The van der Waals surface area contributed by atoms with Crippen molar-refractivity contribution in [3.8, 4) is 22.8 Å². The first-order chi connectivity index (χ1) is 20.5. The quantitative estimate of drug-likeness (QED) is 0.220. The summed E-state index contributed by atoms with van der Waals surface area (Å²) < 4.78 is 41.4. The van der Waals surface area contributed by atoms with E-state index in [1.54, 1.807) is 31.3 Å². The number of halogens is 4. The second-order valence-electron chi connectivity index (χ2n) is 11.0. The van der Waals surface area contributed by atoms with E-state index in [1.807, 2.05) is 6.07 Å². The van der Waals surface area contributed by atoms with Gasteiger partial charge in [-0.1, -0.05) is 11.6 Å². The van der Waals surface area contributed by atoms with E-state index >= 15 is 4.39 Å². The highest BCUT2D eigenvalue weighted by Gasteiger charge is 2.45. The summed E-state index contributed by atoms with van der Waals surface area (Å²) in [6, 6.07) is 9.25. The van der Waals surface area contributed by atoms with Gasteiger partial charge in [-0.3, -0.25) is 14.6 Å². The van der Waals surface area contributed by atoms with Crippen LogP contribution >= 0.6 is 27.5 Å². The number of hydrogen-bond donors (Lipinski definition) is 2. The molecule has 43 heavy (non-hydrogen) atoms. The molecule has 1 saturated carbocycles. The fourth-order valence-corrected chi connectivity index (χ4v) is 5.99. The molecule has 0 bridgehead atoms. The number of nitrogens with two attached hydrogens (primary N) is 1. The topological polar surface area (TPSA) is 116 Å². The van der Waals surface area contributed by atoms with Crippen molar-refractivity contribution >= 4 is 50.2 Å². The molecule has 0 saturated heterocycles. The second kappa shape index (κ2) is 11.0. The molecule has 2 aliphatic rings. The Bertz CT molecular complexity index is 1820. The fourth-order valence-electron chi connectivity index (χ4n) is 5.48. The van der Waals surface area contributed by atoms with Gasteiger partial charge in [0.1, 0.15) is 45.6 Å². The number of methoxy groups -OCH3 is 1. The Balaban J connectivity index is 1.39. The number of amides is 2. The zero-order chi connectivity index (χ0) is 30.6. The number of aromatic nitrogens is 2. The number of ether oxygens (including phenoxy) is 2. The standard InChI is InChI=1S/C31H26BrClF2N4O4/c1-31(30(36)41)13-43-28-20(31)10-22(39-27(28)18-5-6-21(34)24(33)25(18)35)19(14-3-4-14)12-38-29(40)16-7-15-8-17(32)11-37-26(15)23(9-16)42-2/h5-11,14,19H,3-4,12-13H2,1-2H3,(H2,36,41)(H,38,40)/t19-,31-/m0/s1. The van der Waals surface area contributed by atoms with Crippen molar-refractivity contribution in [3.05, 3.63) is 80.5 Å². The summed E-state index contributed by atoms with van der Waals surface area (Å²) in [5, 5.41) is 3.07. The number of carbonyl (C=O) groups excluding carboxylic acids is 2. The Kier molecular flexibility index (Phi) is 7.50. The molecule has 6 rings (SSSR count). The lowest BCUT2D eigenvalue weighted by atomic mass is 9.82. The molecule has 8 nitrogen and oxygen atoms in total. The molecule has 222 valence electrons. The number of benzene rings is 2. The highest BCUT2D eigenvalue weighted by molar-refractivity contribution is 9.10. The molecule has 3 N–H and O–H groups in total. The number of fused-ring (bicyclic) bond motifs is 2. The van der Waals surface area contributed by atoms with Crippen LogP contribution in [0.4, 0.5) is 8.78 Å². The van der Waals surface area contributed by atoms with Crippen molar-refractivity contribution in [3.63, 3.8) is 0 Å². The van der Waals surface area contributed by atoms with Crippen LogP contribution < -0.4 is 20.5 Å². The van der Waals surface area contributed by atoms with Gasteiger partial charge in [-0.2, -0.15) is 0 Å². The van der Waals surface area contributed by atoms with Crippen LogP contribution in [0.25, 0.3) is 22.2 Å². The average Bonchev–Trinajstić information content (AvgIpc) is 3.77. The first-order valence-electron chi connectivity index (χ1n) is 13.5. The first kappa shape index (κ1) is 29.3. The summed E-state index contributed by atoms with van der Waals surface area (Å²) in [6.45, 7) is 1.80. The van der Waals surface area contributed by atoms with E-state index < -0.39 is 28.0 Å². The maximum Gasteiger partial charge on any atom is 0.251 e. The number of nitrogens with zero attached hydrogens (tertiary/aromatic N) is 2. The molecule has 2 atom stereocenters. The lowest BCUT2D eigenvalue weighted by Gasteiger charge is -2.22. The van der Waals surface area contributed by atoms with E-state index in [0.29, 0.717) is 28.1 Å². The van der Waals surface area contributed by atoms with Crippen molar-refractivity contribution in [2.24, 2.45) is 11.7 Å². The van der Waals surface area contributed by atoms with Crippen LogP contribution in [-0.2, 0) is 10.2 Å². The van der Waals surface area contributed by atoms with E-state index in [-0.39, 0.29) is 47.9 Å². The van der Waals surface area contributed by atoms with Crippen LogP contribution in [0.1, 0.15) is 47.3 Å². The molecule has 2 aromatic heterocycles. The molecule has 1 aliphatic carbocycles. The van der Waals surface area contributed by atoms with Gasteiger partial charge in [0, 0.05) is 50.9 Å². The molecule has 0 spiro atoms. The largest absolute Gasteiger partial charge is 0.494 e. The third kappa shape index (κ3) is 5.18. The highest BCUT2D eigenvalue weighted by atomic mass is 79.9. The zero-order valence-corrected chi connectivity index (χ0v) is 25.5. The molecule has 12 heteroatoms. The predicted octanol–water partition coefficient (Wildman–Crippen LogP) is 6.06. The van der Waals surface area contributed by atoms with Gasteiger partial charge in [0.2, 0.25) is 5.91 Å². The molecule has 1 fully saturated rings. The third-order valence-corrected chi connectivity index (χ3v) is 8.96. The minimum absolute atomic E-state index is 0.0635. The van der Waals surface area contributed by atoms with E-state index in [1.165, 1.54) is 13.2 Å². The van der Waals surface area contributed by atoms with Gasteiger partial charge in [-0.15, -0.1) is 0 Å². The monoisotopic (exact) mass is 670 g/mol. The van der Waals surface area contributed by atoms with Gasteiger partial charge >= 0.3 is 0 Å². The molecule has 4 aromatic rings. The molecular formula is C31H26BrClF2N4O4. The number of rotatable bonds is 8.